The van der Waals surface area contributed by atoms with Gasteiger partial charge in [-0.05, 0) is 38.1 Å². The Kier molecular flexibility index (Phi) is 4.71. The number of amides is 1. The van der Waals surface area contributed by atoms with Crippen molar-refractivity contribution in [1.29, 1.82) is 0 Å². The number of aromatic nitrogens is 2. The highest BCUT2D eigenvalue weighted by Crippen LogP contribution is 2.25. The van der Waals surface area contributed by atoms with Gasteiger partial charge in [0, 0.05) is 38.8 Å². The Bertz CT molecular complexity index is 742. The maximum Gasteiger partial charge on any atom is 0.274 e. The molecule has 2 aromatic rings. The van der Waals surface area contributed by atoms with Gasteiger partial charge < -0.3 is 9.80 Å². The van der Waals surface area contributed by atoms with Crippen LogP contribution < -0.4 is 0 Å². The zero-order valence-corrected chi connectivity index (χ0v) is 15.0. The summed E-state index contributed by atoms with van der Waals surface area (Å²) < 4.78 is 1.82. The molecule has 0 aliphatic carbocycles. The minimum absolute atomic E-state index is 0.0397. The van der Waals surface area contributed by atoms with Crippen LogP contribution in [0.15, 0.2) is 24.3 Å². The van der Waals surface area contributed by atoms with Crippen LogP contribution in [0.1, 0.15) is 28.5 Å². The van der Waals surface area contributed by atoms with Gasteiger partial charge in [0.2, 0.25) is 0 Å². The first-order valence-corrected chi connectivity index (χ1v) is 8.63. The lowest BCUT2D eigenvalue weighted by molar-refractivity contribution is 0.0637. The van der Waals surface area contributed by atoms with Gasteiger partial charge >= 0.3 is 0 Å². The molecular weight excluding hydrogens is 300 g/mol. The summed E-state index contributed by atoms with van der Waals surface area (Å²) in [4.78, 5) is 17.1. The Hall–Kier alpha value is -2.14. The van der Waals surface area contributed by atoms with E-state index in [9.17, 15) is 4.79 Å². The van der Waals surface area contributed by atoms with Crippen molar-refractivity contribution in [3.63, 3.8) is 0 Å². The molecule has 0 spiro atoms. The number of carbonyl (C=O) groups is 1. The summed E-state index contributed by atoms with van der Waals surface area (Å²) in [7, 11) is 1.91. The molecular formula is C19H26N4O. The maximum absolute atomic E-state index is 12.8. The molecule has 1 fully saturated rings. The summed E-state index contributed by atoms with van der Waals surface area (Å²) in [5.41, 5.74) is 5.07. The SMILES string of the molecule is CCN1CCN(C(=O)c2cc(-c3cc(C)ccc3C)n(C)n2)CC1. The quantitative estimate of drug-likeness (QED) is 0.870. The molecule has 0 saturated carbocycles. The predicted molar refractivity (Wildman–Crippen MR) is 96.1 cm³/mol. The highest BCUT2D eigenvalue weighted by atomic mass is 16.2. The van der Waals surface area contributed by atoms with Crippen molar-refractivity contribution >= 4 is 5.91 Å². The number of rotatable bonds is 3. The molecule has 1 saturated heterocycles. The molecule has 1 aliphatic heterocycles. The topological polar surface area (TPSA) is 41.4 Å². The first-order valence-electron chi connectivity index (χ1n) is 8.63. The predicted octanol–water partition coefficient (Wildman–Crippen LogP) is 2.48. The third-order valence-corrected chi connectivity index (χ3v) is 4.87. The van der Waals surface area contributed by atoms with Crippen LogP contribution in [0.5, 0.6) is 0 Å². The van der Waals surface area contributed by atoms with Gasteiger partial charge in [-0.1, -0.05) is 24.6 Å². The summed E-state index contributed by atoms with van der Waals surface area (Å²) in [5.74, 6) is 0.0397. The monoisotopic (exact) mass is 326 g/mol. The van der Waals surface area contributed by atoms with Gasteiger partial charge in [-0.2, -0.15) is 5.10 Å². The van der Waals surface area contributed by atoms with E-state index in [4.69, 9.17) is 0 Å². The molecule has 1 aromatic carbocycles. The number of hydrogen-bond donors (Lipinski definition) is 0. The Balaban J connectivity index is 1.84. The molecule has 2 heterocycles. The van der Waals surface area contributed by atoms with Crippen molar-refractivity contribution in [3.05, 3.63) is 41.1 Å². The van der Waals surface area contributed by atoms with Crippen LogP contribution in [-0.2, 0) is 7.05 Å². The number of likely N-dealkylation sites (N-methyl/N-ethyl adjacent to an activating group) is 1. The lowest BCUT2D eigenvalue weighted by atomic mass is 10.0. The van der Waals surface area contributed by atoms with E-state index in [1.54, 1.807) is 0 Å². The van der Waals surface area contributed by atoms with E-state index in [0.29, 0.717) is 5.69 Å². The normalized spacial score (nSPS) is 15.8. The smallest absolute Gasteiger partial charge is 0.274 e. The van der Waals surface area contributed by atoms with Gasteiger partial charge in [0.25, 0.3) is 5.91 Å². The van der Waals surface area contributed by atoms with E-state index in [0.717, 1.165) is 44.0 Å². The number of nitrogens with zero attached hydrogens (tertiary/aromatic N) is 4. The Labute approximate surface area is 143 Å². The second-order valence-corrected chi connectivity index (χ2v) is 6.58. The summed E-state index contributed by atoms with van der Waals surface area (Å²) >= 11 is 0. The molecule has 5 heteroatoms. The van der Waals surface area contributed by atoms with Gasteiger partial charge in [0.05, 0.1) is 5.69 Å². The van der Waals surface area contributed by atoms with E-state index >= 15 is 0 Å². The third-order valence-electron chi connectivity index (χ3n) is 4.87. The Morgan fingerprint density at radius 1 is 1.12 bits per heavy atom. The average Bonchev–Trinajstić information content (AvgIpc) is 2.98. The molecule has 5 nitrogen and oxygen atoms in total. The number of hydrogen-bond acceptors (Lipinski definition) is 3. The first-order chi connectivity index (χ1) is 11.5. The highest BCUT2D eigenvalue weighted by molar-refractivity contribution is 5.93. The highest BCUT2D eigenvalue weighted by Gasteiger charge is 2.24. The summed E-state index contributed by atoms with van der Waals surface area (Å²) in [6, 6.07) is 8.30. The standard InChI is InChI=1S/C19H26N4O/c1-5-22-8-10-23(11-9-22)19(24)17-13-18(21(4)20-17)16-12-14(2)6-7-15(16)3/h6-7,12-13H,5,8-11H2,1-4H3. The van der Waals surface area contributed by atoms with Crippen LogP contribution in [0.25, 0.3) is 11.3 Å². The fourth-order valence-electron chi connectivity index (χ4n) is 3.26. The van der Waals surface area contributed by atoms with Crippen molar-refractivity contribution in [3.8, 4) is 11.3 Å². The zero-order valence-electron chi connectivity index (χ0n) is 15.0. The summed E-state index contributed by atoms with van der Waals surface area (Å²) in [6.45, 7) is 10.8. The largest absolute Gasteiger partial charge is 0.335 e. The summed E-state index contributed by atoms with van der Waals surface area (Å²) in [5, 5.41) is 4.48. The Morgan fingerprint density at radius 3 is 2.50 bits per heavy atom. The number of benzene rings is 1. The van der Waals surface area contributed by atoms with Gasteiger partial charge in [0.15, 0.2) is 5.69 Å². The minimum atomic E-state index is 0.0397. The molecule has 128 valence electrons. The van der Waals surface area contributed by atoms with Gasteiger partial charge in [-0.3, -0.25) is 9.48 Å². The van der Waals surface area contributed by atoms with Crippen molar-refractivity contribution < 1.29 is 4.79 Å². The molecule has 3 rings (SSSR count). The van der Waals surface area contributed by atoms with E-state index in [1.165, 1.54) is 11.1 Å². The second-order valence-electron chi connectivity index (χ2n) is 6.58. The minimum Gasteiger partial charge on any atom is -0.335 e. The molecule has 0 N–H and O–H groups in total. The van der Waals surface area contributed by atoms with Crippen LogP contribution >= 0.6 is 0 Å². The van der Waals surface area contributed by atoms with Gasteiger partial charge in [-0.15, -0.1) is 0 Å². The third kappa shape index (κ3) is 3.22. The van der Waals surface area contributed by atoms with Crippen LogP contribution in [-0.4, -0.2) is 58.2 Å². The molecule has 0 unspecified atom stereocenters. The van der Waals surface area contributed by atoms with Crippen molar-refractivity contribution in [2.45, 2.75) is 20.8 Å². The van der Waals surface area contributed by atoms with E-state index in [2.05, 4.69) is 49.0 Å². The van der Waals surface area contributed by atoms with Crippen LogP contribution in [0.2, 0.25) is 0 Å². The molecule has 1 aromatic heterocycles. The molecule has 24 heavy (non-hydrogen) atoms. The number of aryl methyl sites for hydroxylation is 3. The summed E-state index contributed by atoms with van der Waals surface area (Å²) in [6.07, 6.45) is 0. The van der Waals surface area contributed by atoms with Crippen molar-refractivity contribution in [2.24, 2.45) is 7.05 Å². The molecule has 1 aliphatic rings. The van der Waals surface area contributed by atoms with Crippen molar-refractivity contribution in [2.75, 3.05) is 32.7 Å². The second kappa shape index (κ2) is 6.77. The van der Waals surface area contributed by atoms with E-state index in [-0.39, 0.29) is 5.91 Å². The van der Waals surface area contributed by atoms with Crippen molar-refractivity contribution in [1.82, 2.24) is 19.6 Å². The number of piperazine rings is 1. The maximum atomic E-state index is 12.8. The fourth-order valence-corrected chi connectivity index (χ4v) is 3.26. The van der Waals surface area contributed by atoms with E-state index < -0.39 is 0 Å². The zero-order chi connectivity index (χ0) is 17.3. The average molecular weight is 326 g/mol. The van der Waals surface area contributed by atoms with Crippen LogP contribution in [0.3, 0.4) is 0 Å². The lowest BCUT2D eigenvalue weighted by Gasteiger charge is -2.33. The molecule has 0 bridgehead atoms. The van der Waals surface area contributed by atoms with Crippen LogP contribution in [0, 0.1) is 13.8 Å². The van der Waals surface area contributed by atoms with Gasteiger partial charge in [-0.25, -0.2) is 0 Å². The molecule has 0 radical (unpaired) electrons. The van der Waals surface area contributed by atoms with Gasteiger partial charge in [0.1, 0.15) is 0 Å². The first kappa shape index (κ1) is 16.7. The lowest BCUT2D eigenvalue weighted by Crippen LogP contribution is -2.48. The van der Waals surface area contributed by atoms with Crippen LogP contribution in [0.4, 0.5) is 0 Å². The van der Waals surface area contributed by atoms with E-state index in [1.807, 2.05) is 22.7 Å². The Morgan fingerprint density at radius 2 is 1.83 bits per heavy atom. The number of carbonyl (C=O) groups excluding carboxylic acids is 1. The fraction of sp³-hybridized carbons (Fsp3) is 0.474. The molecule has 0 atom stereocenters. The molecule has 1 amide bonds.